The first kappa shape index (κ1) is 32.7. The zero-order valence-corrected chi connectivity index (χ0v) is 20.6. The molecule has 0 N–H and O–H groups in total. The van der Waals surface area contributed by atoms with E-state index >= 15 is 13.2 Å². The van der Waals surface area contributed by atoms with Gasteiger partial charge in [0.15, 0.2) is 11.6 Å². The van der Waals surface area contributed by atoms with Crippen molar-refractivity contribution < 1.29 is 68.7 Å². The quantitative estimate of drug-likeness (QED) is 0.102. The number of nitro benzene ring substituents is 4. The second-order valence-corrected chi connectivity index (χ2v) is 8.14. The van der Waals surface area contributed by atoms with E-state index in [9.17, 15) is 66.8 Å². The van der Waals surface area contributed by atoms with Gasteiger partial charge in [-0.05, 0) is 6.92 Å². The predicted molar refractivity (Wildman–Crippen MR) is 121 cm³/mol. The van der Waals surface area contributed by atoms with Crippen LogP contribution in [0.15, 0.2) is 24.3 Å². The summed E-state index contributed by atoms with van der Waals surface area (Å²) in [6.07, 6.45) is -10.8. The van der Waals surface area contributed by atoms with Crippen LogP contribution in [0.2, 0.25) is 0 Å². The van der Waals surface area contributed by atoms with Gasteiger partial charge in [-0.3, -0.25) is 40.5 Å². The molecule has 0 radical (unpaired) electrons. The van der Waals surface area contributed by atoms with Crippen molar-refractivity contribution >= 4 is 22.7 Å². The van der Waals surface area contributed by atoms with Gasteiger partial charge >= 0.3 is 35.1 Å². The summed E-state index contributed by atoms with van der Waals surface area (Å²) in [6, 6.07) is -1.16. The molecule has 3 rings (SSSR count). The summed E-state index contributed by atoms with van der Waals surface area (Å²) in [4.78, 5) is 38.9. The van der Waals surface area contributed by atoms with Crippen LogP contribution < -0.4 is 9.47 Å². The van der Waals surface area contributed by atoms with E-state index < -0.39 is 112 Å². The van der Waals surface area contributed by atoms with E-state index in [0.29, 0.717) is 6.92 Å². The molecule has 0 aromatic heterocycles. The first-order valence-electron chi connectivity index (χ1n) is 10.7. The Kier molecular flexibility index (Phi) is 8.29. The average molecular weight is 646 g/mol. The third kappa shape index (κ3) is 6.05. The molecule has 0 atom stereocenters. The predicted octanol–water partition coefficient (Wildman–Crippen LogP) is 7.67. The normalized spacial score (nSPS) is 11.7. The number of rotatable bonds is 8. The first-order valence-corrected chi connectivity index (χ1v) is 10.7. The Morgan fingerprint density at radius 1 is 0.523 bits per heavy atom. The Labute approximate surface area is 233 Å². The molecule has 0 aliphatic rings. The largest absolute Gasteiger partial charge is 0.441 e. The first-order chi connectivity index (χ1) is 20.1. The van der Waals surface area contributed by atoms with Crippen molar-refractivity contribution in [1.29, 1.82) is 0 Å². The molecule has 0 aliphatic heterocycles. The van der Waals surface area contributed by atoms with Gasteiger partial charge in [-0.15, -0.1) is 0 Å². The zero-order valence-electron chi connectivity index (χ0n) is 20.6. The smallest absolute Gasteiger partial charge is 0.416 e. The number of hydrogen-bond acceptors (Lipinski definition) is 10. The van der Waals surface area contributed by atoms with E-state index in [1.807, 2.05) is 0 Å². The molecule has 0 unspecified atom stereocenters. The number of halogens is 9. The van der Waals surface area contributed by atoms with Gasteiger partial charge in [0.25, 0.3) is 11.5 Å². The molecule has 23 heteroatoms. The molecule has 3 aromatic rings. The van der Waals surface area contributed by atoms with Crippen LogP contribution >= 0.6 is 0 Å². The van der Waals surface area contributed by atoms with Crippen LogP contribution in [0.4, 0.5) is 62.3 Å². The van der Waals surface area contributed by atoms with Crippen molar-refractivity contribution in [2.24, 2.45) is 0 Å². The highest BCUT2D eigenvalue weighted by molar-refractivity contribution is 5.66. The lowest BCUT2D eigenvalue weighted by Crippen LogP contribution is -2.10. The molecule has 0 saturated heterocycles. The number of nitrogens with zero attached hydrogens (tertiary/aromatic N) is 4. The van der Waals surface area contributed by atoms with Crippen molar-refractivity contribution in [3.63, 3.8) is 0 Å². The Hall–Kier alpha value is -5.77. The SMILES string of the molecule is Cc1c(F)c(Oc2c([N+](=O)[O-])cc(C(F)(F)F)cc2[N+](=O)[O-])c(F)c(F)c1Oc1c([N+](=O)[O-])cc(C(F)(F)F)cc1[N+](=O)[O-]. The fraction of sp³-hybridized carbons (Fsp3) is 0.143. The lowest BCUT2D eigenvalue weighted by Gasteiger charge is -2.16. The van der Waals surface area contributed by atoms with Crippen LogP contribution in [0, 0.1) is 64.8 Å². The maximum Gasteiger partial charge on any atom is 0.416 e. The molecule has 0 bridgehead atoms. The minimum Gasteiger partial charge on any atom is -0.441 e. The number of ether oxygens (including phenoxy) is 2. The van der Waals surface area contributed by atoms with Crippen LogP contribution in [0.5, 0.6) is 23.0 Å². The maximum absolute atomic E-state index is 15.2. The minimum absolute atomic E-state index is 0.275. The van der Waals surface area contributed by atoms with Crippen molar-refractivity contribution in [3.8, 4) is 23.0 Å². The van der Waals surface area contributed by atoms with E-state index in [0.717, 1.165) is 0 Å². The summed E-state index contributed by atoms with van der Waals surface area (Å²) in [6.45, 7) is 0.470. The van der Waals surface area contributed by atoms with Gasteiger partial charge in [0.2, 0.25) is 17.4 Å². The van der Waals surface area contributed by atoms with Gasteiger partial charge in [-0.2, -0.15) is 35.1 Å². The fourth-order valence-corrected chi connectivity index (χ4v) is 3.42. The van der Waals surface area contributed by atoms with Crippen molar-refractivity contribution in [2.75, 3.05) is 0 Å². The van der Waals surface area contributed by atoms with E-state index in [2.05, 4.69) is 9.47 Å². The fourth-order valence-electron chi connectivity index (χ4n) is 3.42. The minimum atomic E-state index is -5.41. The van der Waals surface area contributed by atoms with Crippen LogP contribution in [0.3, 0.4) is 0 Å². The molecule has 0 heterocycles. The molecule has 3 aromatic carbocycles. The summed E-state index contributed by atoms with van der Waals surface area (Å²) >= 11 is 0. The molecular formula is C21H7F9N4O10. The summed E-state index contributed by atoms with van der Waals surface area (Å²) in [5.41, 5.74) is -12.6. The lowest BCUT2D eigenvalue weighted by atomic mass is 10.1. The van der Waals surface area contributed by atoms with Crippen molar-refractivity contribution in [3.05, 3.63) is 98.9 Å². The summed E-state index contributed by atoms with van der Waals surface area (Å²) < 4.78 is 133. The van der Waals surface area contributed by atoms with Gasteiger partial charge in [-0.25, -0.2) is 4.39 Å². The number of alkyl halides is 6. The lowest BCUT2D eigenvalue weighted by molar-refractivity contribution is -0.396. The topological polar surface area (TPSA) is 191 Å². The molecule has 44 heavy (non-hydrogen) atoms. The third-order valence-corrected chi connectivity index (χ3v) is 5.41. The summed E-state index contributed by atoms with van der Waals surface area (Å²) in [7, 11) is 0. The van der Waals surface area contributed by atoms with Crippen LogP contribution in [-0.4, -0.2) is 19.7 Å². The molecule has 0 amide bonds. The van der Waals surface area contributed by atoms with Crippen molar-refractivity contribution in [1.82, 2.24) is 0 Å². The van der Waals surface area contributed by atoms with Gasteiger partial charge in [0.05, 0.1) is 30.8 Å². The van der Waals surface area contributed by atoms with Crippen LogP contribution in [0.1, 0.15) is 16.7 Å². The Bertz CT molecular complexity index is 1530. The molecule has 0 saturated carbocycles. The molecule has 14 nitrogen and oxygen atoms in total. The highest BCUT2D eigenvalue weighted by atomic mass is 19.4. The van der Waals surface area contributed by atoms with Crippen molar-refractivity contribution in [2.45, 2.75) is 19.3 Å². The summed E-state index contributed by atoms with van der Waals surface area (Å²) in [5, 5.41) is 45.5. The number of hydrogen-bond donors (Lipinski definition) is 0. The standard InChI is InChI=1S/C21H7F9N4O10/c1-6-13(22)19(44-18-11(33(39)40)4-8(21(28,29)30)5-12(18)34(41)42)15(24)14(23)16(6)43-17-9(31(35)36)2-7(20(25,26)27)3-10(17)32(37)38/h2-5H,1H3. The summed E-state index contributed by atoms with van der Waals surface area (Å²) in [5.74, 6) is -14.6. The highest BCUT2D eigenvalue weighted by Gasteiger charge is 2.42. The van der Waals surface area contributed by atoms with Crippen LogP contribution in [0.25, 0.3) is 0 Å². The third-order valence-electron chi connectivity index (χ3n) is 5.41. The molecule has 0 spiro atoms. The van der Waals surface area contributed by atoms with Gasteiger partial charge in [0.1, 0.15) is 0 Å². The Morgan fingerprint density at radius 2 is 0.795 bits per heavy atom. The van der Waals surface area contributed by atoms with E-state index in [1.165, 1.54) is 0 Å². The molecular weight excluding hydrogens is 639 g/mol. The number of nitro groups is 4. The average Bonchev–Trinajstić information content (AvgIpc) is 2.90. The molecule has 0 fully saturated rings. The van der Waals surface area contributed by atoms with Gasteiger partial charge < -0.3 is 9.47 Å². The van der Waals surface area contributed by atoms with Gasteiger partial charge in [-0.1, -0.05) is 0 Å². The molecule has 234 valence electrons. The highest BCUT2D eigenvalue weighted by Crippen LogP contribution is 2.49. The Morgan fingerprint density at radius 3 is 1.07 bits per heavy atom. The maximum atomic E-state index is 15.2. The van der Waals surface area contributed by atoms with E-state index in [4.69, 9.17) is 0 Å². The van der Waals surface area contributed by atoms with E-state index in [1.54, 1.807) is 0 Å². The van der Waals surface area contributed by atoms with E-state index in [-0.39, 0.29) is 24.3 Å². The van der Waals surface area contributed by atoms with Gasteiger partial charge in [0, 0.05) is 29.8 Å². The Balaban J connectivity index is 2.28. The monoisotopic (exact) mass is 646 g/mol. The second kappa shape index (κ2) is 11.1. The number of benzene rings is 3. The zero-order chi connectivity index (χ0) is 33.6. The molecule has 0 aliphatic carbocycles. The van der Waals surface area contributed by atoms with Crippen LogP contribution in [-0.2, 0) is 12.4 Å². The second-order valence-electron chi connectivity index (χ2n) is 8.14.